The van der Waals surface area contributed by atoms with Gasteiger partial charge in [0.2, 0.25) is 0 Å². The number of hydrogen-bond acceptors (Lipinski definition) is 4. The van der Waals surface area contributed by atoms with Gasteiger partial charge in [-0.1, -0.05) is 113 Å². The van der Waals surface area contributed by atoms with Gasteiger partial charge in [0.1, 0.15) is 11.5 Å². The Hall–Kier alpha value is -1.14. The molecule has 0 radical (unpaired) electrons. The second kappa shape index (κ2) is 8.78. The third-order valence-corrected chi connectivity index (χ3v) is 5.18. The molecule has 0 heterocycles. The van der Waals surface area contributed by atoms with E-state index in [1.165, 1.54) is 0 Å². The highest BCUT2D eigenvalue weighted by Gasteiger charge is 2.36. The highest BCUT2D eigenvalue weighted by molar-refractivity contribution is 6.76. The number of halogens is 6. The SMILES string of the molecule is CCc1ccc2c(OC(=O)C(Cl)(Cl)Cl)c3ccccc3c(OC(=O)C(Cl)(Cl)Cl)c2c1. The predicted molar refractivity (Wildman–Crippen MR) is 123 cm³/mol. The first-order chi connectivity index (χ1) is 13.9. The first-order valence-electron chi connectivity index (χ1n) is 8.48. The fourth-order valence-corrected chi connectivity index (χ4v) is 3.12. The van der Waals surface area contributed by atoms with Gasteiger partial charge in [-0.25, -0.2) is 9.59 Å². The van der Waals surface area contributed by atoms with Crippen LogP contribution < -0.4 is 9.47 Å². The molecule has 0 amide bonds. The number of carbonyl (C=O) groups excluding carboxylic acids is 2. The number of fused-ring (bicyclic) bond motifs is 2. The van der Waals surface area contributed by atoms with Crippen LogP contribution in [-0.2, 0) is 16.0 Å². The van der Waals surface area contributed by atoms with Crippen molar-refractivity contribution in [2.45, 2.75) is 20.9 Å². The van der Waals surface area contributed by atoms with Crippen LogP contribution in [0.2, 0.25) is 0 Å². The molecule has 158 valence electrons. The van der Waals surface area contributed by atoms with E-state index in [-0.39, 0.29) is 11.5 Å². The summed E-state index contributed by atoms with van der Waals surface area (Å²) in [6.07, 6.45) is 0.698. The van der Waals surface area contributed by atoms with Crippen molar-refractivity contribution in [2.75, 3.05) is 0 Å². The van der Waals surface area contributed by atoms with Gasteiger partial charge in [0.15, 0.2) is 0 Å². The predicted octanol–water partition coefficient (Wildman–Crippen LogP) is 7.11. The molecular formula is C20H12Cl6O4. The molecule has 0 aliphatic rings. The monoisotopic (exact) mass is 526 g/mol. The maximum absolute atomic E-state index is 12.3. The average molecular weight is 529 g/mol. The Bertz CT molecular complexity index is 1150. The summed E-state index contributed by atoms with van der Waals surface area (Å²) < 4.78 is 6.37. The van der Waals surface area contributed by atoms with Crippen molar-refractivity contribution >= 4 is 103 Å². The third-order valence-electron chi connectivity index (χ3n) is 4.25. The van der Waals surface area contributed by atoms with Crippen molar-refractivity contribution in [1.82, 2.24) is 0 Å². The number of carbonyl (C=O) groups is 2. The van der Waals surface area contributed by atoms with Gasteiger partial charge in [-0.05, 0) is 18.1 Å². The van der Waals surface area contributed by atoms with E-state index in [2.05, 4.69) is 0 Å². The summed E-state index contributed by atoms with van der Waals surface area (Å²) in [5, 5.41) is 1.78. The molecule has 3 aromatic rings. The summed E-state index contributed by atoms with van der Waals surface area (Å²) >= 11 is 34.1. The Kier molecular flexibility index (Phi) is 6.88. The molecule has 0 unspecified atom stereocenters. The fraction of sp³-hybridized carbons (Fsp3) is 0.200. The van der Waals surface area contributed by atoms with Crippen LogP contribution in [0.4, 0.5) is 0 Å². The van der Waals surface area contributed by atoms with E-state index in [4.69, 9.17) is 79.1 Å². The number of alkyl halides is 6. The van der Waals surface area contributed by atoms with Crippen LogP contribution in [0, 0.1) is 0 Å². The zero-order valence-corrected chi connectivity index (χ0v) is 19.7. The first kappa shape index (κ1) is 23.5. The Morgan fingerprint density at radius 3 is 1.60 bits per heavy atom. The summed E-state index contributed by atoms with van der Waals surface area (Å²) in [6, 6.07) is 12.1. The topological polar surface area (TPSA) is 52.6 Å². The van der Waals surface area contributed by atoms with Crippen molar-refractivity contribution in [3.63, 3.8) is 0 Å². The van der Waals surface area contributed by atoms with E-state index in [0.717, 1.165) is 5.56 Å². The van der Waals surface area contributed by atoms with Gasteiger partial charge >= 0.3 is 11.9 Å². The summed E-state index contributed by atoms with van der Waals surface area (Å²) in [6.45, 7) is 1.96. The molecule has 3 rings (SSSR count). The molecule has 0 atom stereocenters. The minimum atomic E-state index is -2.28. The van der Waals surface area contributed by atoms with Gasteiger partial charge in [-0.2, -0.15) is 0 Å². The van der Waals surface area contributed by atoms with E-state index in [9.17, 15) is 9.59 Å². The molecule has 0 N–H and O–H groups in total. The maximum atomic E-state index is 12.3. The Labute approximate surface area is 201 Å². The van der Waals surface area contributed by atoms with Crippen LogP contribution >= 0.6 is 69.6 Å². The average Bonchev–Trinajstić information content (AvgIpc) is 2.68. The summed E-state index contributed by atoms with van der Waals surface area (Å²) in [5.41, 5.74) is 0.933. The van der Waals surface area contributed by atoms with Gasteiger partial charge in [0, 0.05) is 21.5 Å². The number of esters is 2. The second-order valence-electron chi connectivity index (χ2n) is 6.21. The van der Waals surface area contributed by atoms with Crippen LogP contribution in [0.3, 0.4) is 0 Å². The highest BCUT2D eigenvalue weighted by Crippen LogP contribution is 2.45. The van der Waals surface area contributed by atoms with E-state index in [0.29, 0.717) is 28.0 Å². The van der Waals surface area contributed by atoms with Crippen LogP contribution in [0.25, 0.3) is 21.5 Å². The van der Waals surface area contributed by atoms with Crippen molar-refractivity contribution in [3.8, 4) is 11.5 Å². The van der Waals surface area contributed by atoms with Crippen LogP contribution in [0.15, 0.2) is 42.5 Å². The standard InChI is InChI=1S/C20H12Cl6O4/c1-2-10-7-8-13-14(9-10)16(30-18(28)20(24,25)26)12-6-4-3-5-11(12)15(13)29-17(27)19(21,22)23/h3-9H,2H2,1H3. The molecule has 0 saturated carbocycles. The molecule has 0 aliphatic heterocycles. The number of aryl methyl sites for hydroxylation is 1. The lowest BCUT2D eigenvalue weighted by atomic mass is 9.98. The van der Waals surface area contributed by atoms with Crippen LogP contribution in [-0.4, -0.2) is 19.5 Å². The number of hydrogen-bond donors (Lipinski definition) is 0. The lowest BCUT2D eigenvalue weighted by molar-refractivity contribution is -0.134. The zero-order chi connectivity index (χ0) is 22.3. The van der Waals surface area contributed by atoms with Crippen molar-refractivity contribution in [3.05, 3.63) is 48.0 Å². The van der Waals surface area contributed by atoms with E-state index in [1.54, 1.807) is 36.4 Å². The van der Waals surface area contributed by atoms with E-state index in [1.807, 2.05) is 13.0 Å². The molecule has 0 fully saturated rings. The highest BCUT2D eigenvalue weighted by atomic mass is 35.6. The molecule has 4 nitrogen and oxygen atoms in total. The lowest BCUT2D eigenvalue weighted by Crippen LogP contribution is -2.26. The van der Waals surface area contributed by atoms with E-state index >= 15 is 0 Å². The summed E-state index contributed by atoms with van der Waals surface area (Å²) in [5.74, 6) is -1.86. The zero-order valence-electron chi connectivity index (χ0n) is 15.1. The molecule has 0 bridgehead atoms. The lowest BCUT2D eigenvalue weighted by Gasteiger charge is -2.19. The number of ether oxygens (including phenoxy) is 2. The molecule has 10 heteroatoms. The molecule has 0 saturated heterocycles. The third kappa shape index (κ3) is 4.85. The maximum Gasteiger partial charge on any atom is 0.363 e. The summed E-state index contributed by atoms with van der Waals surface area (Å²) in [4.78, 5) is 24.6. The molecule has 0 aliphatic carbocycles. The van der Waals surface area contributed by atoms with E-state index < -0.39 is 19.5 Å². The Morgan fingerprint density at radius 2 is 1.17 bits per heavy atom. The Morgan fingerprint density at radius 1 is 0.733 bits per heavy atom. The normalized spacial score (nSPS) is 12.2. The number of rotatable bonds is 3. The van der Waals surface area contributed by atoms with Gasteiger partial charge in [-0.15, -0.1) is 0 Å². The molecule has 0 aromatic heterocycles. The Balaban J connectivity index is 2.36. The van der Waals surface area contributed by atoms with Crippen LogP contribution in [0.5, 0.6) is 11.5 Å². The van der Waals surface area contributed by atoms with Gasteiger partial charge in [0.05, 0.1) is 0 Å². The second-order valence-corrected chi connectivity index (χ2v) is 10.8. The minimum Gasteiger partial charge on any atom is -0.422 e. The summed E-state index contributed by atoms with van der Waals surface area (Å²) in [7, 11) is 0. The molecule has 30 heavy (non-hydrogen) atoms. The largest absolute Gasteiger partial charge is 0.422 e. The van der Waals surface area contributed by atoms with Gasteiger partial charge < -0.3 is 9.47 Å². The van der Waals surface area contributed by atoms with Crippen molar-refractivity contribution in [1.29, 1.82) is 0 Å². The molecule has 3 aromatic carbocycles. The first-order valence-corrected chi connectivity index (χ1v) is 10.8. The minimum absolute atomic E-state index is 0.147. The fourth-order valence-electron chi connectivity index (χ4n) is 2.89. The molecular weight excluding hydrogens is 517 g/mol. The van der Waals surface area contributed by atoms with Crippen molar-refractivity contribution in [2.24, 2.45) is 0 Å². The smallest absolute Gasteiger partial charge is 0.363 e. The quantitative estimate of drug-likeness (QED) is 0.157. The molecule has 0 spiro atoms. The number of benzene rings is 3. The van der Waals surface area contributed by atoms with Crippen molar-refractivity contribution < 1.29 is 19.1 Å². The van der Waals surface area contributed by atoms with Gasteiger partial charge in [-0.3, -0.25) is 0 Å². The van der Waals surface area contributed by atoms with Gasteiger partial charge in [0.25, 0.3) is 7.59 Å². The van der Waals surface area contributed by atoms with Crippen LogP contribution in [0.1, 0.15) is 12.5 Å².